The lowest BCUT2D eigenvalue weighted by molar-refractivity contribution is -0.0122. The summed E-state index contributed by atoms with van der Waals surface area (Å²) in [4.78, 5) is 13.1. The Kier molecular flexibility index (Phi) is 5.35. The van der Waals surface area contributed by atoms with Gasteiger partial charge in [0.25, 0.3) is 0 Å². The van der Waals surface area contributed by atoms with Crippen molar-refractivity contribution in [1.82, 2.24) is 29.9 Å². The lowest BCUT2D eigenvalue weighted by Crippen LogP contribution is -2.56. The molecule has 1 unspecified atom stereocenters. The molecule has 0 amide bonds. The molecule has 3 atom stereocenters. The molecule has 2 aliphatic heterocycles. The number of nitrogens with one attached hydrogen (secondary N) is 2. The fourth-order valence-electron chi connectivity index (χ4n) is 4.72. The van der Waals surface area contributed by atoms with E-state index in [1.807, 2.05) is 36.8 Å². The average molecular weight is 458 g/mol. The minimum Gasteiger partial charge on any atom is -0.488 e. The fourth-order valence-corrected chi connectivity index (χ4v) is 4.72. The highest BCUT2D eigenvalue weighted by atomic mass is 16.5. The van der Waals surface area contributed by atoms with E-state index in [1.165, 1.54) is 0 Å². The molecule has 0 aliphatic carbocycles. The summed E-state index contributed by atoms with van der Waals surface area (Å²) in [7, 11) is 0. The Hall–Kier alpha value is -3.56. The van der Waals surface area contributed by atoms with Crippen molar-refractivity contribution < 1.29 is 9.47 Å². The summed E-state index contributed by atoms with van der Waals surface area (Å²) in [5.74, 6) is 2.02. The van der Waals surface area contributed by atoms with E-state index in [0.717, 1.165) is 59.7 Å². The number of rotatable bonds is 5. The number of hydrogen-bond acceptors (Lipinski definition) is 8. The molecule has 2 aliphatic rings. The van der Waals surface area contributed by atoms with Crippen molar-refractivity contribution in [2.75, 3.05) is 18.5 Å². The molecule has 2 fully saturated rings. The standard InChI is InChI=1S/C25H27N7O2/c1-15-10-27-25(28-11-15)30-24-9-20-6-17(3-4-32(20)31-24)22-5-16(2)26-12-23(22)34-21-7-18-13-33-14-19(8-21)29-18/h3-6,9-12,18-19,21,29H,7-8,13-14H2,1-2H3,(H,27,28,30,31)/t18-,19+,21?. The molecule has 4 aromatic rings. The van der Waals surface area contributed by atoms with Gasteiger partial charge in [0, 0.05) is 60.8 Å². The number of fused-ring (bicyclic) bond motifs is 3. The molecule has 2 bridgehead atoms. The summed E-state index contributed by atoms with van der Waals surface area (Å²) >= 11 is 0. The Morgan fingerprint density at radius 2 is 1.82 bits per heavy atom. The van der Waals surface area contributed by atoms with Crippen LogP contribution < -0.4 is 15.4 Å². The first kappa shape index (κ1) is 21.0. The Bertz CT molecular complexity index is 1310. The topological polar surface area (TPSA) is 98.5 Å². The number of aryl methyl sites for hydroxylation is 2. The number of anilines is 2. The van der Waals surface area contributed by atoms with Crippen LogP contribution in [0.5, 0.6) is 5.75 Å². The molecule has 2 saturated heterocycles. The molecule has 174 valence electrons. The molecular weight excluding hydrogens is 430 g/mol. The van der Waals surface area contributed by atoms with Crippen LogP contribution in [-0.4, -0.2) is 56.0 Å². The maximum Gasteiger partial charge on any atom is 0.228 e. The van der Waals surface area contributed by atoms with Crippen LogP contribution in [-0.2, 0) is 4.74 Å². The van der Waals surface area contributed by atoms with Crippen molar-refractivity contribution in [2.24, 2.45) is 0 Å². The number of aromatic nitrogens is 5. The Labute approximate surface area is 197 Å². The summed E-state index contributed by atoms with van der Waals surface area (Å²) in [6.45, 7) is 5.45. The third-order valence-corrected chi connectivity index (χ3v) is 6.30. The Morgan fingerprint density at radius 1 is 1.03 bits per heavy atom. The second kappa shape index (κ2) is 8.66. The van der Waals surface area contributed by atoms with Crippen LogP contribution in [0.4, 0.5) is 11.8 Å². The minimum absolute atomic E-state index is 0.146. The summed E-state index contributed by atoms with van der Waals surface area (Å²) in [6, 6.07) is 8.94. The predicted molar refractivity (Wildman–Crippen MR) is 128 cm³/mol. The molecule has 6 rings (SSSR count). The van der Waals surface area contributed by atoms with Gasteiger partial charge in [0.2, 0.25) is 5.95 Å². The zero-order valence-electron chi connectivity index (χ0n) is 19.2. The Balaban J connectivity index is 1.27. The predicted octanol–water partition coefficient (Wildman–Crippen LogP) is 3.44. The number of ether oxygens (including phenoxy) is 2. The quantitative estimate of drug-likeness (QED) is 0.470. The Morgan fingerprint density at radius 3 is 2.62 bits per heavy atom. The third kappa shape index (κ3) is 4.32. The van der Waals surface area contributed by atoms with Crippen molar-refractivity contribution in [1.29, 1.82) is 0 Å². The SMILES string of the molecule is Cc1cnc(Nc2cc3cc(-c4cc(C)ncc4OC4C[C@H]5COC[C@@H](C4)N5)ccn3n2)nc1. The van der Waals surface area contributed by atoms with Gasteiger partial charge in [-0.2, -0.15) is 5.10 Å². The molecule has 0 aromatic carbocycles. The number of pyridine rings is 2. The van der Waals surface area contributed by atoms with Crippen molar-refractivity contribution in [3.8, 4) is 16.9 Å². The third-order valence-electron chi connectivity index (χ3n) is 6.30. The lowest BCUT2D eigenvalue weighted by atomic mass is 9.94. The maximum absolute atomic E-state index is 6.53. The molecule has 6 heterocycles. The lowest BCUT2D eigenvalue weighted by Gasteiger charge is -2.40. The van der Waals surface area contributed by atoms with Gasteiger partial charge in [-0.1, -0.05) is 0 Å². The van der Waals surface area contributed by atoms with Gasteiger partial charge in [-0.15, -0.1) is 0 Å². The van der Waals surface area contributed by atoms with Gasteiger partial charge < -0.3 is 20.1 Å². The molecule has 0 spiro atoms. The molecule has 0 radical (unpaired) electrons. The van der Waals surface area contributed by atoms with Crippen LogP contribution in [0.2, 0.25) is 0 Å². The monoisotopic (exact) mass is 457 g/mol. The van der Waals surface area contributed by atoms with Crippen molar-refractivity contribution in [3.63, 3.8) is 0 Å². The van der Waals surface area contributed by atoms with E-state index in [9.17, 15) is 0 Å². The molecule has 2 N–H and O–H groups in total. The highest BCUT2D eigenvalue weighted by Gasteiger charge is 2.33. The second-order valence-electron chi connectivity index (χ2n) is 9.15. The van der Waals surface area contributed by atoms with Gasteiger partial charge in [-0.25, -0.2) is 14.5 Å². The average Bonchev–Trinajstić information content (AvgIpc) is 3.23. The van der Waals surface area contributed by atoms with E-state index in [-0.39, 0.29) is 6.10 Å². The van der Waals surface area contributed by atoms with E-state index in [1.54, 1.807) is 12.4 Å². The summed E-state index contributed by atoms with van der Waals surface area (Å²) in [5, 5.41) is 11.4. The first-order chi connectivity index (χ1) is 16.6. The molecule has 4 aromatic heterocycles. The largest absolute Gasteiger partial charge is 0.488 e. The number of nitrogens with zero attached hydrogens (tertiary/aromatic N) is 5. The van der Waals surface area contributed by atoms with Crippen LogP contribution >= 0.6 is 0 Å². The minimum atomic E-state index is 0.146. The van der Waals surface area contributed by atoms with E-state index in [4.69, 9.17) is 9.47 Å². The molecule has 0 saturated carbocycles. The summed E-state index contributed by atoms with van der Waals surface area (Å²) < 4.78 is 14.0. The highest BCUT2D eigenvalue weighted by Crippen LogP contribution is 2.34. The van der Waals surface area contributed by atoms with E-state index < -0.39 is 0 Å². The van der Waals surface area contributed by atoms with Gasteiger partial charge in [-0.05, 0) is 43.2 Å². The second-order valence-corrected chi connectivity index (χ2v) is 9.15. The van der Waals surface area contributed by atoms with Crippen molar-refractivity contribution >= 4 is 17.3 Å². The van der Waals surface area contributed by atoms with Gasteiger partial charge in [0.05, 0.1) is 24.9 Å². The number of hydrogen-bond donors (Lipinski definition) is 2. The molecule has 34 heavy (non-hydrogen) atoms. The summed E-state index contributed by atoms with van der Waals surface area (Å²) in [5.41, 5.74) is 5.01. The molecular formula is C25H27N7O2. The van der Waals surface area contributed by atoms with Crippen LogP contribution in [0.3, 0.4) is 0 Å². The highest BCUT2D eigenvalue weighted by molar-refractivity contribution is 5.75. The first-order valence-electron chi connectivity index (χ1n) is 11.6. The maximum atomic E-state index is 6.53. The van der Waals surface area contributed by atoms with Gasteiger partial charge in [-0.3, -0.25) is 4.98 Å². The van der Waals surface area contributed by atoms with E-state index in [2.05, 4.69) is 48.9 Å². The van der Waals surface area contributed by atoms with E-state index in [0.29, 0.717) is 23.8 Å². The summed E-state index contributed by atoms with van der Waals surface area (Å²) in [6.07, 6.45) is 9.37. The van der Waals surface area contributed by atoms with E-state index >= 15 is 0 Å². The molecule has 9 nitrogen and oxygen atoms in total. The van der Waals surface area contributed by atoms with Gasteiger partial charge >= 0.3 is 0 Å². The zero-order chi connectivity index (χ0) is 23.1. The van der Waals surface area contributed by atoms with Crippen LogP contribution in [0.1, 0.15) is 24.1 Å². The van der Waals surface area contributed by atoms with Crippen LogP contribution in [0.25, 0.3) is 16.6 Å². The van der Waals surface area contributed by atoms with Crippen molar-refractivity contribution in [3.05, 3.63) is 60.3 Å². The fraction of sp³-hybridized carbons (Fsp3) is 0.360. The van der Waals surface area contributed by atoms with Crippen LogP contribution in [0.15, 0.2) is 49.1 Å². The van der Waals surface area contributed by atoms with Crippen molar-refractivity contribution in [2.45, 2.75) is 44.9 Å². The first-order valence-corrected chi connectivity index (χ1v) is 11.6. The molecule has 9 heteroatoms. The normalized spacial score (nSPS) is 22.0. The van der Waals surface area contributed by atoms with Gasteiger partial charge in [0.1, 0.15) is 11.9 Å². The number of morpholine rings is 1. The smallest absolute Gasteiger partial charge is 0.228 e. The zero-order valence-corrected chi connectivity index (χ0v) is 19.2. The number of piperidine rings is 1. The van der Waals surface area contributed by atoms with Crippen LogP contribution in [0, 0.1) is 13.8 Å². The van der Waals surface area contributed by atoms with Gasteiger partial charge in [0.15, 0.2) is 5.82 Å².